The molecule has 0 bridgehead atoms. The molecule has 0 saturated carbocycles. The zero-order valence-electron chi connectivity index (χ0n) is 9.51. The van der Waals surface area contributed by atoms with E-state index in [1.54, 1.807) is 12.1 Å². The van der Waals surface area contributed by atoms with Gasteiger partial charge in [0.1, 0.15) is 11.6 Å². The largest absolute Gasteiger partial charge is 0.381 e. The van der Waals surface area contributed by atoms with Gasteiger partial charge in [-0.3, -0.25) is 5.10 Å². The fourth-order valence-electron chi connectivity index (χ4n) is 1.55. The summed E-state index contributed by atoms with van der Waals surface area (Å²) in [4.78, 5) is 0.220. The molecule has 92 valence electrons. The Labute approximate surface area is 104 Å². The van der Waals surface area contributed by atoms with Crippen LogP contribution in [0.15, 0.2) is 29.2 Å². The Balaban J connectivity index is 2.51. The number of anilines is 1. The number of nitrogens with zero attached hydrogens (tertiary/aromatic N) is 2. The topological polar surface area (TPSA) is 113 Å². The summed E-state index contributed by atoms with van der Waals surface area (Å²) in [5, 5.41) is 15.3. The number of aromatic amines is 1. The van der Waals surface area contributed by atoms with E-state index in [1.807, 2.05) is 6.07 Å². The van der Waals surface area contributed by atoms with E-state index >= 15 is 0 Å². The van der Waals surface area contributed by atoms with Crippen LogP contribution >= 0.6 is 0 Å². The number of nitrogen functional groups attached to an aromatic ring is 1. The standard InChI is InChI=1S/C11H10N4O2S/c1-18(16,17)8-4-2-7(3-5-8)10-9(6-12)11(13)15-14-10/h2-5H,1H3,(H3,13,14,15). The fourth-order valence-corrected chi connectivity index (χ4v) is 2.18. The molecule has 0 aliphatic rings. The van der Waals surface area contributed by atoms with Crippen LogP contribution in [0.2, 0.25) is 0 Å². The highest BCUT2D eigenvalue weighted by Gasteiger charge is 2.13. The number of rotatable bonds is 2. The number of nitrogens with two attached hydrogens (primary N) is 1. The predicted molar refractivity (Wildman–Crippen MR) is 66.3 cm³/mol. The molecule has 0 aliphatic heterocycles. The Bertz CT molecular complexity index is 723. The number of hydrogen-bond acceptors (Lipinski definition) is 5. The molecule has 0 amide bonds. The lowest BCUT2D eigenvalue weighted by Gasteiger charge is -2.01. The molecular formula is C11H10N4O2S. The molecule has 1 aromatic heterocycles. The van der Waals surface area contributed by atoms with Crippen LogP contribution in [0.5, 0.6) is 0 Å². The number of sulfone groups is 1. The minimum atomic E-state index is -3.23. The molecule has 0 atom stereocenters. The van der Waals surface area contributed by atoms with Crippen molar-refractivity contribution >= 4 is 15.7 Å². The highest BCUT2D eigenvalue weighted by Crippen LogP contribution is 2.25. The third kappa shape index (κ3) is 2.06. The van der Waals surface area contributed by atoms with Gasteiger partial charge in [0, 0.05) is 11.8 Å². The maximum atomic E-state index is 11.3. The average molecular weight is 262 g/mol. The molecule has 0 unspecified atom stereocenters. The molecule has 18 heavy (non-hydrogen) atoms. The second-order valence-corrected chi connectivity index (χ2v) is 5.78. The van der Waals surface area contributed by atoms with Crippen molar-refractivity contribution in [2.24, 2.45) is 0 Å². The SMILES string of the molecule is CS(=O)(=O)c1ccc(-c2[nH]nc(N)c2C#N)cc1. The first kappa shape index (κ1) is 12.1. The van der Waals surface area contributed by atoms with Gasteiger partial charge in [-0.2, -0.15) is 10.4 Å². The van der Waals surface area contributed by atoms with E-state index in [2.05, 4.69) is 10.2 Å². The summed E-state index contributed by atoms with van der Waals surface area (Å²) in [6, 6.07) is 8.10. The van der Waals surface area contributed by atoms with Gasteiger partial charge < -0.3 is 5.73 Å². The second kappa shape index (κ2) is 4.16. The van der Waals surface area contributed by atoms with Crippen molar-refractivity contribution in [1.82, 2.24) is 10.2 Å². The van der Waals surface area contributed by atoms with Crippen molar-refractivity contribution in [3.05, 3.63) is 29.8 Å². The molecule has 7 heteroatoms. The molecule has 1 heterocycles. The third-order valence-electron chi connectivity index (χ3n) is 2.48. The minimum Gasteiger partial charge on any atom is -0.381 e. The van der Waals surface area contributed by atoms with Crippen LogP contribution < -0.4 is 5.73 Å². The normalized spacial score (nSPS) is 11.1. The van der Waals surface area contributed by atoms with Gasteiger partial charge in [-0.05, 0) is 12.1 Å². The van der Waals surface area contributed by atoms with Gasteiger partial charge in [-0.15, -0.1) is 0 Å². The van der Waals surface area contributed by atoms with Crippen LogP contribution in [-0.4, -0.2) is 24.9 Å². The Morgan fingerprint density at radius 1 is 1.33 bits per heavy atom. The van der Waals surface area contributed by atoms with Crippen molar-refractivity contribution in [2.45, 2.75) is 4.90 Å². The van der Waals surface area contributed by atoms with Crippen LogP contribution in [0.25, 0.3) is 11.3 Å². The van der Waals surface area contributed by atoms with E-state index in [1.165, 1.54) is 12.1 Å². The highest BCUT2D eigenvalue weighted by atomic mass is 32.2. The van der Waals surface area contributed by atoms with Gasteiger partial charge >= 0.3 is 0 Å². The quantitative estimate of drug-likeness (QED) is 0.836. The smallest absolute Gasteiger partial charge is 0.175 e. The first-order valence-electron chi connectivity index (χ1n) is 4.98. The summed E-state index contributed by atoms with van der Waals surface area (Å²) < 4.78 is 22.6. The number of hydrogen-bond donors (Lipinski definition) is 2. The van der Waals surface area contributed by atoms with E-state index in [-0.39, 0.29) is 16.3 Å². The summed E-state index contributed by atoms with van der Waals surface area (Å²) in [7, 11) is -3.23. The summed E-state index contributed by atoms with van der Waals surface area (Å²) in [5.41, 5.74) is 6.92. The molecule has 3 N–H and O–H groups in total. The zero-order chi connectivity index (χ0) is 13.3. The Hall–Kier alpha value is -2.33. The molecule has 0 saturated heterocycles. The molecule has 6 nitrogen and oxygen atoms in total. The molecule has 1 aromatic carbocycles. The lowest BCUT2D eigenvalue weighted by molar-refractivity contribution is 0.602. The zero-order valence-corrected chi connectivity index (χ0v) is 10.3. The summed E-state index contributed by atoms with van der Waals surface area (Å²) in [5.74, 6) is 0.125. The summed E-state index contributed by atoms with van der Waals surface area (Å²) in [6.07, 6.45) is 1.14. The molecule has 0 aliphatic carbocycles. The number of nitriles is 1. The van der Waals surface area contributed by atoms with Gasteiger partial charge in [0.15, 0.2) is 15.7 Å². The van der Waals surface area contributed by atoms with Gasteiger partial charge in [0.2, 0.25) is 0 Å². The van der Waals surface area contributed by atoms with Crippen molar-refractivity contribution in [2.75, 3.05) is 12.0 Å². The van der Waals surface area contributed by atoms with E-state index in [4.69, 9.17) is 11.0 Å². The summed E-state index contributed by atoms with van der Waals surface area (Å²) in [6.45, 7) is 0. The maximum Gasteiger partial charge on any atom is 0.175 e. The number of benzene rings is 1. The fraction of sp³-hybridized carbons (Fsp3) is 0.0909. The van der Waals surface area contributed by atoms with E-state index in [9.17, 15) is 8.42 Å². The lowest BCUT2D eigenvalue weighted by Crippen LogP contribution is -1.96. The molecule has 0 radical (unpaired) electrons. The van der Waals surface area contributed by atoms with E-state index in [0.29, 0.717) is 11.3 Å². The van der Waals surface area contributed by atoms with Gasteiger partial charge in [0.05, 0.1) is 10.6 Å². The molecular weight excluding hydrogens is 252 g/mol. The number of nitrogens with one attached hydrogen (secondary N) is 1. The van der Waals surface area contributed by atoms with E-state index < -0.39 is 9.84 Å². The van der Waals surface area contributed by atoms with Gasteiger partial charge in [-0.25, -0.2) is 8.42 Å². The summed E-state index contributed by atoms with van der Waals surface area (Å²) >= 11 is 0. The Morgan fingerprint density at radius 3 is 2.44 bits per heavy atom. The van der Waals surface area contributed by atoms with Crippen molar-refractivity contribution in [3.63, 3.8) is 0 Å². The van der Waals surface area contributed by atoms with Crippen LogP contribution in [0.4, 0.5) is 5.82 Å². The van der Waals surface area contributed by atoms with Crippen LogP contribution in [0.1, 0.15) is 5.56 Å². The van der Waals surface area contributed by atoms with Crippen LogP contribution in [0, 0.1) is 11.3 Å². The Morgan fingerprint density at radius 2 is 1.94 bits per heavy atom. The lowest BCUT2D eigenvalue weighted by atomic mass is 10.1. The molecule has 0 fully saturated rings. The minimum absolute atomic E-state index is 0.125. The first-order valence-corrected chi connectivity index (χ1v) is 6.87. The maximum absolute atomic E-state index is 11.3. The second-order valence-electron chi connectivity index (χ2n) is 3.77. The van der Waals surface area contributed by atoms with Crippen LogP contribution in [0.3, 0.4) is 0 Å². The van der Waals surface area contributed by atoms with Crippen molar-refractivity contribution in [3.8, 4) is 17.3 Å². The van der Waals surface area contributed by atoms with Gasteiger partial charge in [-0.1, -0.05) is 12.1 Å². The predicted octanol–water partition coefficient (Wildman–Crippen LogP) is 0.934. The van der Waals surface area contributed by atoms with Crippen molar-refractivity contribution in [1.29, 1.82) is 5.26 Å². The average Bonchev–Trinajstić information content (AvgIpc) is 2.69. The first-order chi connectivity index (χ1) is 8.43. The van der Waals surface area contributed by atoms with E-state index in [0.717, 1.165) is 6.26 Å². The monoisotopic (exact) mass is 262 g/mol. The number of aromatic nitrogens is 2. The Kier molecular flexibility index (Phi) is 2.80. The molecule has 2 rings (SSSR count). The van der Waals surface area contributed by atoms with Gasteiger partial charge in [0.25, 0.3) is 0 Å². The molecule has 0 spiro atoms. The number of H-pyrrole nitrogens is 1. The third-order valence-corrected chi connectivity index (χ3v) is 3.61. The van der Waals surface area contributed by atoms with Crippen LogP contribution in [-0.2, 0) is 9.84 Å². The molecule has 2 aromatic rings. The van der Waals surface area contributed by atoms with Crippen molar-refractivity contribution < 1.29 is 8.42 Å². The highest BCUT2D eigenvalue weighted by molar-refractivity contribution is 7.90.